The highest BCUT2D eigenvalue weighted by Gasteiger charge is 2.19. The number of carbonyl (C=O) groups is 3. The minimum absolute atomic E-state index is 0.0973. The molecule has 0 rings (SSSR count). The van der Waals surface area contributed by atoms with Crippen molar-refractivity contribution in [3.63, 3.8) is 0 Å². The highest BCUT2D eigenvalue weighted by atomic mass is 16.6. The monoisotopic (exact) mass is 877 g/mol. The van der Waals surface area contributed by atoms with Crippen LogP contribution >= 0.6 is 0 Å². The summed E-state index contributed by atoms with van der Waals surface area (Å²) in [6.45, 7) is 6.34. The zero-order chi connectivity index (χ0) is 45.8. The molecule has 63 heavy (non-hydrogen) atoms. The van der Waals surface area contributed by atoms with Crippen molar-refractivity contribution < 1.29 is 28.6 Å². The normalized spacial score (nSPS) is 12.7. The lowest BCUT2D eigenvalue weighted by Crippen LogP contribution is -2.30. The molecule has 0 fully saturated rings. The van der Waals surface area contributed by atoms with E-state index in [-0.39, 0.29) is 31.1 Å². The van der Waals surface area contributed by atoms with Crippen LogP contribution in [0, 0.1) is 0 Å². The van der Waals surface area contributed by atoms with Gasteiger partial charge in [-0.25, -0.2) is 0 Å². The van der Waals surface area contributed by atoms with Crippen molar-refractivity contribution in [1.82, 2.24) is 0 Å². The van der Waals surface area contributed by atoms with E-state index in [9.17, 15) is 14.4 Å². The van der Waals surface area contributed by atoms with E-state index >= 15 is 0 Å². The number of allylic oxidation sites excluding steroid dienone is 14. The smallest absolute Gasteiger partial charge is 0.306 e. The first kappa shape index (κ1) is 59.6. The summed E-state index contributed by atoms with van der Waals surface area (Å²) in [5, 5.41) is 0. The minimum Gasteiger partial charge on any atom is -0.462 e. The zero-order valence-electron chi connectivity index (χ0n) is 41.1. The Bertz CT molecular complexity index is 1240. The molecule has 0 saturated heterocycles. The molecule has 0 bridgehead atoms. The molecule has 0 saturated carbocycles. The fourth-order valence-electron chi connectivity index (χ4n) is 7.11. The predicted octanol–water partition coefficient (Wildman–Crippen LogP) is 17.2. The van der Waals surface area contributed by atoms with Gasteiger partial charge in [0.15, 0.2) is 6.10 Å². The molecule has 0 spiro atoms. The van der Waals surface area contributed by atoms with Crippen LogP contribution in [0.25, 0.3) is 0 Å². The number of hydrogen-bond acceptors (Lipinski definition) is 6. The van der Waals surface area contributed by atoms with Gasteiger partial charge in [0.1, 0.15) is 13.2 Å². The molecule has 1 atom stereocenters. The summed E-state index contributed by atoms with van der Waals surface area (Å²) in [5.74, 6) is -0.959. The molecular weight excluding hydrogens is 781 g/mol. The Kier molecular flexibility index (Phi) is 48.5. The third-order valence-corrected chi connectivity index (χ3v) is 11.0. The molecule has 1 unspecified atom stereocenters. The molecule has 0 amide bonds. The Morgan fingerprint density at radius 2 is 0.698 bits per heavy atom. The second-order valence-electron chi connectivity index (χ2n) is 17.1. The van der Waals surface area contributed by atoms with Gasteiger partial charge in [0.05, 0.1) is 0 Å². The molecule has 0 aliphatic heterocycles. The number of unbranched alkanes of at least 4 members (excludes halogenated alkanes) is 24. The van der Waals surface area contributed by atoms with Crippen molar-refractivity contribution in [2.24, 2.45) is 0 Å². The Morgan fingerprint density at radius 3 is 1.17 bits per heavy atom. The molecule has 0 radical (unpaired) electrons. The van der Waals surface area contributed by atoms with Crippen LogP contribution in [0.2, 0.25) is 0 Å². The third-order valence-electron chi connectivity index (χ3n) is 11.0. The van der Waals surface area contributed by atoms with Crippen molar-refractivity contribution >= 4 is 17.9 Å². The van der Waals surface area contributed by atoms with Crippen LogP contribution in [0.3, 0.4) is 0 Å². The molecule has 0 heterocycles. The Balaban J connectivity index is 4.42. The number of ether oxygens (including phenoxy) is 3. The third kappa shape index (κ3) is 49.5. The average Bonchev–Trinajstić information content (AvgIpc) is 3.28. The van der Waals surface area contributed by atoms with Gasteiger partial charge in [-0.3, -0.25) is 14.4 Å². The van der Waals surface area contributed by atoms with Gasteiger partial charge in [-0.1, -0.05) is 234 Å². The van der Waals surface area contributed by atoms with E-state index in [0.717, 1.165) is 103 Å². The molecule has 0 aromatic heterocycles. The SMILES string of the molecule is CC/C=C/C=C/C=C/C=C/CCCCCC(=O)OCC(COC(=O)CCCCCCCCCCCCCCCCCCCC)OC(=O)CCCCCC/C=C/C/C=C/C/C=C/CC. The summed E-state index contributed by atoms with van der Waals surface area (Å²) in [4.78, 5) is 38.0. The van der Waals surface area contributed by atoms with Gasteiger partial charge in [0.25, 0.3) is 0 Å². The lowest BCUT2D eigenvalue weighted by atomic mass is 10.0. The second kappa shape index (κ2) is 51.2. The highest BCUT2D eigenvalue weighted by Crippen LogP contribution is 2.15. The minimum atomic E-state index is -0.803. The van der Waals surface area contributed by atoms with Gasteiger partial charge < -0.3 is 14.2 Å². The van der Waals surface area contributed by atoms with E-state index < -0.39 is 6.10 Å². The first-order chi connectivity index (χ1) is 31.0. The fourth-order valence-corrected chi connectivity index (χ4v) is 7.11. The van der Waals surface area contributed by atoms with Gasteiger partial charge in [0.2, 0.25) is 0 Å². The second-order valence-corrected chi connectivity index (χ2v) is 17.1. The van der Waals surface area contributed by atoms with Crippen molar-refractivity contribution in [1.29, 1.82) is 0 Å². The summed E-state index contributed by atoms with van der Waals surface area (Å²) < 4.78 is 16.8. The van der Waals surface area contributed by atoms with Gasteiger partial charge in [-0.15, -0.1) is 0 Å². The fraction of sp³-hybridized carbons (Fsp3) is 0.702. The predicted molar refractivity (Wildman–Crippen MR) is 270 cm³/mol. The number of hydrogen-bond donors (Lipinski definition) is 0. The summed E-state index contributed by atoms with van der Waals surface area (Å²) in [5.41, 5.74) is 0. The number of esters is 3. The van der Waals surface area contributed by atoms with E-state index in [4.69, 9.17) is 14.2 Å². The van der Waals surface area contributed by atoms with Gasteiger partial charge in [-0.05, 0) is 70.6 Å². The van der Waals surface area contributed by atoms with E-state index in [1.165, 1.54) is 96.3 Å². The molecule has 6 nitrogen and oxygen atoms in total. The Labute approximate surface area is 388 Å². The molecular formula is C57H96O6. The quantitative estimate of drug-likeness (QED) is 0.0199. The van der Waals surface area contributed by atoms with Crippen molar-refractivity contribution in [2.45, 2.75) is 245 Å². The van der Waals surface area contributed by atoms with Gasteiger partial charge in [-0.2, -0.15) is 0 Å². The van der Waals surface area contributed by atoms with E-state index in [0.29, 0.717) is 19.3 Å². The summed E-state index contributed by atoms with van der Waals surface area (Å²) in [6.07, 6.45) is 65.7. The lowest BCUT2D eigenvalue weighted by molar-refractivity contribution is -0.167. The number of rotatable bonds is 46. The molecule has 0 aromatic carbocycles. The molecule has 360 valence electrons. The Morgan fingerprint density at radius 1 is 0.349 bits per heavy atom. The lowest BCUT2D eigenvalue weighted by Gasteiger charge is -2.18. The first-order valence-corrected chi connectivity index (χ1v) is 26.1. The van der Waals surface area contributed by atoms with Crippen LogP contribution in [0.5, 0.6) is 0 Å². The molecule has 0 N–H and O–H groups in total. The van der Waals surface area contributed by atoms with E-state index in [2.05, 4.69) is 69.4 Å². The summed E-state index contributed by atoms with van der Waals surface area (Å²) >= 11 is 0. The maximum absolute atomic E-state index is 12.8. The number of carbonyl (C=O) groups excluding carboxylic acids is 3. The van der Waals surface area contributed by atoms with Crippen molar-refractivity contribution in [3.05, 3.63) is 85.1 Å². The Hall–Kier alpha value is -3.41. The van der Waals surface area contributed by atoms with E-state index in [1.54, 1.807) is 0 Å². The van der Waals surface area contributed by atoms with Gasteiger partial charge in [0, 0.05) is 19.3 Å². The summed E-state index contributed by atoms with van der Waals surface area (Å²) in [6, 6.07) is 0. The molecule has 6 heteroatoms. The maximum atomic E-state index is 12.8. The van der Waals surface area contributed by atoms with E-state index in [1.807, 2.05) is 36.5 Å². The van der Waals surface area contributed by atoms with Crippen LogP contribution in [0.15, 0.2) is 85.1 Å². The molecule has 0 aromatic rings. The van der Waals surface area contributed by atoms with Crippen LogP contribution in [-0.4, -0.2) is 37.2 Å². The topological polar surface area (TPSA) is 78.9 Å². The first-order valence-electron chi connectivity index (χ1n) is 26.1. The van der Waals surface area contributed by atoms with Crippen molar-refractivity contribution in [3.8, 4) is 0 Å². The van der Waals surface area contributed by atoms with Crippen LogP contribution < -0.4 is 0 Å². The molecule has 0 aliphatic rings. The zero-order valence-corrected chi connectivity index (χ0v) is 41.1. The maximum Gasteiger partial charge on any atom is 0.306 e. The molecule has 0 aliphatic carbocycles. The summed E-state index contributed by atoms with van der Waals surface area (Å²) in [7, 11) is 0. The van der Waals surface area contributed by atoms with Crippen LogP contribution in [0.4, 0.5) is 0 Å². The van der Waals surface area contributed by atoms with Crippen LogP contribution in [0.1, 0.15) is 239 Å². The largest absolute Gasteiger partial charge is 0.462 e. The van der Waals surface area contributed by atoms with Gasteiger partial charge >= 0.3 is 17.9 Å². The highest BCUT2D eigenvalue weighted by molar-refractivity contribution is 5.71. The van der Waals surface area contributed by atoms with Crippen molar-refractivity contribution in [2.75, 3.05) is 13.2 Å². The average molecular weight is 877 g/mol. The standard InChI is InChI=1S/C57H96O6/c1-4-7-10-13-16-19-22-25-27-28-29-30-33-35-38-41-44-47-50-56(59)62-53-54(52-61-55(58)49-46-43-40-37-34-31-24-21-18-15-12-9-6-3)63-57(60)51-48-45-42-39-36-32-26-23-20-17-14-11-8-5-2/h8-9,11-12,15,17-18,20-21,24,26,31-32,34,54H,4-7,10,13-14,16,19,22-23,25,27-30,33,35-53H2,1-3H3/b11-8+,12-9+,18-15+,20-17+,24-21+,32-26+,34-31+. The van der Waals surface area contributed by atoms with Crippen LogP contribution in [-0.2, 0) is 28.6 Å².